The molecular weight excluding hydrogens is 406 g/mol. The molecule has 0 aromatic heterocycles. The Bertz CT molecular complexity index is 1170. The number of rotatable bonds is 8. The first-order valence-corrected chi connectivity index (χ1v) is 9.57. The third-order valence-electron chi connectivity index (χ3n) is 4.22. The van der Waals surface area contributed by atoms with Gasteiger partial charge < -0.3 is 19.5 Å². The van der Waals surface area contributed by atoms with Crippen molar-refractivity contribution in [2.75, 3.05) is 19.0 Å². The molecule has 32 heavy (non-hydrogen) atoms. The molecule has 0 spiro atoms. The molecule has 0 bridgehead atoms. The molecule has 0 saturated carbocycles. The van der Waals surface area contributed by atoms with E-state index in [9.17, 15) is 4.79 Å². The van der Waals surface area contributed by atoms with Gasteiger partial charge in [0.05, 0.1) is 7.11 Å². The van der Waals surface area contributed by atoms with Crippen LogP contribution in [0.5, 0.6) is 23.0 Å². The molecular formula is C25H19N3O4. The monoisotopic (exact) mass is 425 g/mol. The fraction of sp³-hybridized carbons (Fsp3) is 0.0800. The van der Waals surface area contributed by atoms with Crippen molar-refractivity contribution in [2.45, 2.75) is 0 Å². The van der Waals surface area contributed by atoms with Gasteiger partial charge in [-0.05, 0) is 60.2 Å². The Labute approximate surface area is 185 Å². The third kappa shape index (κ3) is 6.12. The van der Waals surface area contributed by atoms with Crippen molar-refractivity contribution in [3.63, 3.8) is 0 Å². The lowest BCUT2D eigenvalue weighted by molar-refractivity contribution is -0.118. The molecule has 0 aliphatic heterocycles. The fourth-order valence-corrected chi connectivity index (χ4v) is 2.72. The van der Waals surface area contributed by atoms with Gasteiger partial charge in [-0.25, -0.2) is 0 Å². The predicted octanol–water partition coefficient (Wildman–Crippen LogP) is 4.94. The summed E-state index contributed by atoms with van der Waals surface area (Å²) in [5.74, 6) is 1.78. The van der Waals surface area contributed by atoms with Crippen LogP contribution in [-0.2, 0) is 4.79 Å². The van der Waals surface area contributed by atoms with Crippen molar-refractivity contribution in [1.29, 1.82) is 10.5 Å². The van der Waals surface area contributed by atoms with Crippen LogP contribution in [0.2, 0.25) is 0 Å². The van der Waals surface area contributed by atoms with Crippen molar-refractivity contribution >= 4 is 17.7 Å². The summed E-state index contributed by atoms with van der Waals surface area (Å²) in [4.78, 5) is 12.3. The molecule has 0 fully saturated rings. The first-order valence-electron chi connectivity index (χ1n) is 9.57. The number of hydrogen-bond acceptors (Lipinski definition) is 6. The maximum atomic E-state index is 12.3. The van der Waals surface area contributed by atoms with E-state index in [1.165, 1.54) is 13.2 Å². The zero-order chi connectivity index (χ0) is 22.8. The minimum absolute atomic E-state index is 0.0275. The van der Waals surface area contributed by atoms with Gasteiger partial charge in [-0.3, -0.25) is 4.79 Å². The molecule has 3 aromatic rings. The number of amides is 1. The standard InChI is InChI=1S/C25H19N3O4/c1-30-24-14-18(13-19(15-26)16-27)7-12-23(24)31-17-25(29)28-20-8-10-22(11-9-20)32-21-5-3-2-4-6-21/h2-14H,17H2,1H3,(H,28,29). The molecule has 1 amide bonds. The van der Waals surface area contributed by atoms with E-state index < -0.39 is 0 Å². The second kappa shape index (κ2) is 10.9. The Morgan fingerprint density at radius 1 is 0.938 bits per heavy atom. The molecule has 3 aromatic carbocycles. The lowest BCUT2D eigenvalue weighted by Gasteiger charge is -2.12. The Kier molecular flexibility index (Phi) is 7.45. The highest BCUT2D eigenvalue weighted by atomic mass is 16.5. The summed E-state index contributed by atoms with van der Waals surface area (Å²) in [5, 5.41) is 20.5. The normalized spacial score (nSPS) is 9.59. The largest absolute Gasteiger partial charge is 0.493 e. The highest BCUT2D eigenvalue weighted by Crippen LogP contribution is 2.29. The molecule has 0 saturated heterocycles. The Balaban J connectivity index is 1.57. The zero-order valence-electron chi connectivity index (χ0n) is 17.2. The number of carbonyl (C=O) groups excluding carboxylic acids is 1. The number of benzene rings is 3. The van der Waals surface area contributed by atoms with Gasteiger partial charge >= 0.3 is 0 Å². The quantitative estimate of drug-likeness (QED) is 0.513. The van der Waals surface area contributed by atoms with E-state index >= 15 is 0 Å². The van der Waals surface area contributed by atoms with Gasteiger partial charge in [0.2, 0.25) is 0 Å². The number of allylic oxidation sites excluding steroid dienone is 1. The van der Waals surface area contributed by atoms with Crippen LogP contribution in [0.25, 0.3) is 6.08 Å². The Hall–Kier alpha value is -4.75. The first kappa shape index (κ1) is 21.9. The number of methoxy groups -OCH3 is 1. The van der Waals surface area contributed by atoms with Crippen molar-refractivity contribution in [2.24, 2.45) is 0 Å². The highest BCUT2D eigenvalue weighted by Gasteiger charge is 2.09. The summed E-state index contributed by atoms with van der Waals surface area (Å²) in [6, 6.07) is 24.9. The summed E-state index contributed by atoms with van der Waals surface area (Å²) in [6.07, 6.45) is 1.43. The SMILES string of the molecule is COc1cc(C=C(C#N)C#N)ccc1OCC(=O)Nc1ccc(Oc2ccccc2)cc1. The number of carbonyl (C=O) groups is 1. The number of nitrogens with zero attached hydrogens (tertiary/aromatic N) is 2. The minimum atomic E-state index is -0.344. The van der Waals surface area contributed by atoms with Gasteiger partial charge in [0.15, 0.2) is 18.1 Å². The molecule has 158 valence electrons. The maximum Gasteiger partial charge on any atom is 0.262 e. The van der Waals surface area contributed by atoms with E-state index in [0.29, 0.717) is 28.5 Å². The first-order chi connectivity index (χ1) is 15.6. The molecule has 0 atom stereocenters. The van der Waals surface area contributed by atoms with Crippen molar-refractivity contribution in [3.05, 3.63) is 83.9 Å². The topological polar surface area (TPSA) is 104 Å². The van der Waals surface area contributed by atoms with Crippen molar-refractivity contribution in [3.8, 4) is 35.1 Å². The predicted molar refractivity (Wildman–Crippen MR) is 119 cm³/mol. The molecule has 0 radical (unpaired) electrons. The second-order valence-corrected chi connectivity index (χ2v) is 6.47. The summed E-state index contributed by atoms with van der Waals surface area (Å²) in [5.41, 5.74) is 1.18. The van der Waals surface area contributed by atoms with Crippen LogP contribution < -0.4 is 19.5 Å². The molecule has 0 aliphatic rings. The van der Waals surface area contributed by atoms with Gasteiger partial charge in [-0.1, -0.05) is 24.3 Å². The third-order valence-corrected chi connectivity index (χ3v) is 4.22. The van der Waals surface area contributed by atoms with Crippen LogP contribution >= 0.6 is 0 Å². The number of nitrogens with one attached hydrogen (secondary N) is 1. The van der Waals surface area contributed by atoms with Gasteiger partial charge in [0.25, 0.3) is 5.91 Å². The van der Waals surface area contributed by atoms with Crippen LogP contribution in [0.1, 0.15) is 5.56 Å². The average molecular weight is 425 g/mol. The molecule has 1 N–H and O–H groups in total. The van der Waals surface area contributed by atoms with Crippen LogP contribution in [0.3, 0.4) is 0 Å². The summed E-state index contributed by atoms with van der Waals surface area (Å²) in [7, 11) is 1.46. The average Bonchev–Trinajstić information content (AvgIpc) is 2.83. The Morgan fingerprint density at radius 2 is 1.62 bits per heavy atom. The number of anilines is 1. The summed E-state index contributed by atoms with van der Waals surface area (Å²) in [6.45, 7) is -0.227. The van der Waals surface area contributed by atoms with E-state index in [1.54, 1.807) is 54.6 Å². The Morgan fingerprint density at radius 3 is 2.28 bits per heavy atom. The van der Waals surface area contributed by atoms with E-state index in [0.717, 1.165) is 5.75 Å². The molecule has 7 heteroatoms. The lowest BCUT2D eigenvalue weighted by atomic mass is 10.1. The van der Waals surface area contributed by atoms with Crippen LogP contribution in [0.15, 0.2) is 78.4 Å². The summed E-state index contributed by atoms with van der Waals surface area (Å²) >= 11 is 0. The maximum absolute atomic E-state index is 12.3. The lowest BCUT2D eigenvalue weighted by Crippen LogP contribution is -2.20. The van der Waals surface area contributed by atoms with Gasteiger partial charge in [0, 0.05) is 5.69 Å². The van der Waals surface area contributed by atoms with Crippen LogP contribution in [0.4, 0.5) is 5.69 Å². The van der Waals surface area contributed by atoms with E-state index in [2.05, 4.69) is 5.32 Å². The van der Waals surface area contributed by atoms with E-state index in [4.69, 9.17) is 24.7 Å². The molecule has 0 aliphatic carbocycles. The second-order valence-electron chi connectivity index (χ2n) is 6.47. The van der Waals surface area contributed by atoms with Crippen LogP contribution in [0, 0.1) is 22.7 Å². The number of ether oxygens (including phenoxy) is 3. The molecule has 7 nitrogen and oxygen atoms in total. The van der Waals surface area contributed by atoms with Crippen molar-refractivity contribution in [1.82, 2.24) is 0 Å². The number of nitriles is 2. The highest BCUT2D eigenvalue weighted by molar-refractivity contribution is 5.92. The fourth-order valence-electron chi connectivity index (χ4n) is 2.72. The van der Waals surface area contributed by atoms with Gasteiger partial charge in [-0.15, -0.1) is 0 Å². The number of hydrogen-bond donors (Lipinski definition) is 1. The molecule has 0 unspecified atom stereocenters. The van der Waals surface area contributed by atoms with Crippen molar-refractivity contribution < 1.29 is 19.0 Å². The zero-order valence-corrected chi connectivity index (χ0v) is 17.2. The number of para-hydroxylation sites is 1. The van der Waals surface area contributed by atoms with E-state index in [-0.39, 0.29) is 18.1 Å². The molecule has 3 rings (SSSR count). The van der Waals surface area contributed by atoms with Gasteiger partial charge in [-0.2, -0.15) is 10.5 Å². The van der Waals surface area contributed by atoms with Crippen LogP contribution in [-0.4, -0.2) is 19.6 Å². The smallest absolute Gasteiger partial charge is 0.262 e. The van der Waals surface area contributed by atoms with Gasteiger partial charge in [0.1, 0.15) is 29.2 Å². The molecule has 0 heterocycles. The summed E-state index contributed by atoms with van der Waals surface area (Å²) < 4.78 is 16.6. The van der Waals surface area contributed by atoms with E-state index in [1.807, 2.05) is 30.3 Å². The minimum Gasteiger partial charge on any atom is -0.493 e.